The first-order chi connectivity index (χ1) is 15.3. The molecule has 2 aromatic rings. The fourth-order valence-corrected chi connectivity index (χ4v) is 5.30. The van der Waals surface area contributed by atoms with E-state index in [1.807, 2.05) is 4.90 Å². The van der Waals surface area contributed by atoms with Crippen LogP contribution in [0.25, 0.3) is 0 Å². The number of rotatable bonds is 4. The van der Waals surface area contributed by atoms with Gasteiger partial charge in [0.25, 0.3) is 5.91 Å². The van der Waals surface area contributed by atoms with Gasteiger partial charge in [0.2, 0.25) is 0 Å². The van der Waals surface area contributed by atoms with Crippen LogP contribution in [0.1, 0.15) is 17.0 Å². The third kappa shape index (κ3) is 4.39. The highest BCUT2D eigenvalue weighted by molar-refractivity contribution is 5.81. The van der Waals surface area contributed by atoms with E-state index in [0.29, 0.717) is 31.9 Å². The zero-order valence-corrected chi connectivity index (χ0v) is 17.9. The van der Waals surface area contributed by atoms with Crippen molar-refractivity contribution in [2.45, 2.75) is 24.1 Å². The van der Waals surface area contributed by atoms with E-state index < -0.39 is 6.10 Å². The molecular weight excluding hydrogens is 390 g/mol. The van der Waals surface area contributed by atoms with Crippen LogP contribution in [0.2, 0.25) is 0 Å². The SMILES string of the molecule is O=C(C1COCCO1)N1CCN2C(CNCC2C(c2ccccc2)c2ccccc2)C1. The summed E-state index contributed by atoms with van der Waals surface area (Å²) in [6.07, 6.45) is -0.450. The Labute approximate surface area is 184 Å². The fraction of sp³-hybridized carbons (Fsp3) is 0.480. The molecule has 0 aromatic heterocycles. The Kier molecular flexibility index (Phi) is 6.32. The lowest BCUT2D eigenvalue weighted by molar-refractivity contribution is -0.161. The number of carbonyl (C=O) groups is 1. The highest BCUT2D eigenvalue weighted by Gasteiger charge is 2.41. The molecule has 0 spiro atoms. The molecule has 0 radical (unpaired) electrons. The van der Waals surface area contributed by atoms with Gasteiger partial charge in [-0.15, -0.1) is 0 Å². The fourth-order valence-electron chi connectivity index (χ4n) is 5.30. The van der Waals surface area contributed by atoms with Crippen LogP contribution >= 0.6 is 0 Å². The topological polar surface area (TPSA) is 54.0 Å². The van der Waals surface area contributed by atoms with Crippen molar-refractivity contribution in [3.8, 4) is 0 Å². The highest BCUT2D eigenvalue weighted by Crippen LogP contribution is 2.34. The number of benzene rings is 2. The zero-order valence-electron chi connectivity index (χ0n) is 17.9. The third-order valence-corrected chi connectivity index (χ3v) is 6.79. The summed E-state index contributed by atoms with van der Waals surface area (Å²) in [6.45, 7) is 5.64. The Morgan fingerprint density at radius 1 is 0.935 bits per heavy atom. The average Bonchev–Trinajstić information content (AvgIpc) is 2.85. The Hall–Kier alpha value is -2.25. The summed E-state index contributed by atoms with van der Waals surface area (Å²) < 4.78 is 11.1. The first-order valence-corrected chi connectivity index (χ1v) is 11.4. The van der Waals surface area contributed by atoms with E-state index in [2.05, 4.69) is 70.9 Å². The molecule has 3 fully saturated rings. The van der Waals surface area contributed by atoms with E-state index in [1.54, 1.807) is 0 Å². The van der Waals surface area contributed by atoms with Crippen molar-refractivity contribution in [1.29, 1.82) is 0 Å². The molecule has 5 rings (SSSR count). The molecule has 1 amide bonds. The van der Waals surface area contributed by atoms with E-state index in [0.717, 1.165) is 32.7 Å². The minimum absolute atomic E-state index is 0.0733. The van der Waals surface area contributed by atoms with E-state index in [9.17, 15) is 4.79 Å². The molecule has 164 valence electrons. The van der Waals surface area contributed by atoms with Crippen molar-refractivity contribution in [2.75, 3.05) is 52.5 Å². The van der Waals surface area contributed by atoms with Crippen LogP contribution in [0.15, 0.2) is 60.7 Å². The predicted molar refractivity (Wildman–Crippen MR) is 119 cm³/mol. The van der Waals surface area contributed by atoms with Crippen LogP contribution in [0.5, 0.6) is 0 Å². The lowest BCUT2D eigenvalue weighted by Gasteiger charge is -2.51. The Morgan fingerprint density at radius 3 is 2.29 bits per heavy atom. The number of hydrogen-bond donors (Lipinski definition) is 1. The van der Waals surface area contributed by atoms with Gasteiger partial charge in [0.15, 0.2) is 6.10 Å². The summed E-state index contributed by atoms with van der Waals surface area (Å²) in [4.78, 5) is 17.6. The largest absolute Gasteiger partial charge is 0.376 e. The van der Waals surface area contributed by atoms with Crippen molar-refractivity contribution in [3.05, 3.63) is 71.8 Å². The Bertz CT molecular complexity index is 817. The average molecular weight is 422 g/mol. The summed E-state index contributed by atoms with van der Waals surface area (Å²) in [6, 6.07) is 22.3. The van der Waals surface area contributed by atoms with Gasteiger partial charge >= 0.3 is 0 Å². The number of ether oxygens (including phenoxy) is 2. The molecule has 2 aromatic carbocycles. The summed E-state index contributed by atoms with van der Waals surface area (Å²) in [7, 11) is 0. The number of nitrogens with one attached hydrogen (secondary N) is 1. The van der Waals surface area contributed by atoms with E-state index in [-0.39, 0.29) is 11.8 Å². The lowest BCUT2D eigenvalue weighted by atomic mass is 9.82. The normalized spacial score (nSPS) is 27.1. The molecule has 1 N–H and O–H groups in total. The monoisotopic (exact) mass is 421 g/mol. The van der Waals surface area contributed by atoms with Gasteiger partial charge < -0.3 is 19.7 Å². The van der Waals surface area contributed by atoms with Crippen LogP contribution in [0.4, 0.5) is 0 Å². The molecule has 3 aliphatic rings. The number of carbonyl (C=O) groups excluding carboxylic acids is 1. The number of hydrogen-bond acceptors (Lipinski definition) is 5. The van der Waals surface area contributed by atoms with Crippen LogP contribution in [-0.4, -0.2) is 86.4 Å². The van der Waals surface area contributed by atoms with Gasteiger partial charge in [0.05, 0.1) is 19.8 Å². The van der Waals surface area contributed by atoms with Gasteiger partial charge in [-0.25, -0.2) is 0 Å². The number of nitrogens with zero attached hydrogens (tertiary/aromatic N) is 2. The quantitative estimate of drug-likeness (QED) is 0.815. The van der Waals surface area contributed by atoms with Crippen LogP contribution in [0, 0.1) is 0 Å². The molecule has 3 unspecified atom stereocenters. The van der Waals surface area contributed by atoms with E-state index in [1.165, 1.54) is 11.1 Å². The van der Waals surface area contributed by atoms with E-state index in [4.69, 9.17) is 9.47 Å². The first kappa shape index (κ1) is 20.6. The molecule has 31 heavy (non-hydrogen) atoms. The number of fused-ring (bicyclic) bond motifs is 1. The summed E-state index contributed by atoms with van der Waals surface area (Å²) in [5.41, 5.74) is 2.68. The lowest BCUT2D eigenvalue weighted by Crippen LogP contribution is -2.67. The predicted octanol–water partition coefficient (Wildman–Crippen LogP) is 1.72. The molecule has 3 heterocycles. The standard InChI is InChI=1S/C25H31N3O3/c29-25(23-18-30-13-14-31-23)27-11-12-28-21(17-27)15-26-16-22(28)24(19-7-3-1-4-8-19)20-9-5-2-6-10-20/h1-10,21-24,26H,11-18H2. The van der Waals surface area contributed by atoms with Gasteiger partial charge in [-0.05, 0) is 11.1 Å². The van der Waals surface area contributed by atoms with Crippen molar-refractivity contribution in [3.63, 3.8) is 0 Å². The van der Waals surface area contributed by atoms with Crippen LogP contribution in [0.3, 0.4) is 0 Å². The Morgan fingerprint density at radius 2 is 1.65 bits per heavy atom. The molecule has 6 heteroatoms. The molecular formula is C25H31N3O3. The zero-order chi connectivity index (χ0) is 21.0. The van der Waals surface area contributed by atoms with Gasteiger partial charge in [-0.1, -0.05) is 60.7 Å². The maximum absolute atomic E-state index is 13.0. The second-order valence-corrected chi connectivity index (χ2v) is 8.63. The minimum Gasteiger partial charge on any atom is -0.376 e. The van der Waals surface area contributed by atoms with E-state index >= 15 is 0 Å². The first-order valence-electron chi connectivity index (χ1n) is 11.4. The molecule has 0 bridgehead atoms. The summed E-state index contributed by atoms with van der Waals surface area (Å²) >= 11 is 0. The smallest absolute Gasteiger partial charge is 0.254 e. The molecule has 6 nitrogen and oxygen atoms in total. The van der Waals surface area contributed by atoms with Crippen LogP contribution < -0.4 is 5.32 Å². The molecule has 3 saturated heterocycles. The van der Waals surface area contributed by atoms with Crippen LogP contribution in [-0.2, 0) is 14.3 Å². The van der Waals surface area contributed by atoms with Gasteiger partial charge in [-0.3, -0.25) is 9.69 Å². The van der Waals surface area contributed by atoms with Crippen molar-refractivity contribution in [2.24, 2.45) is 0 Å². The third-order valence-electron chi connectivity index (χ3n) is 6.79. The van der Waals surface area contributed by atoms with Crippen molar-refractivity contribution in [1.82, 2.24) is 15.1 Å². The van der Waals surface area contributed by atoms with Gasteiger partial charge in [-0.2, -0.15) is 0 Å². The maximum atomic E-state index is 13.0. The second-order valence-electron chi connectivity index (χ2n) is 8.63. The summed E-state index contributed by atoms with van der Waals surface area (Å²) in [5, 5.41) is 3.66. The molecule has 3 atom stereocenters. The molecule has 0 aliphatic carbocycles. The Balaban J connectivity index is 1.36. The summed E-state index contributed by atoms with van der Waals surface area (Å²) in [5.74, 6) is 0.360. The van der Waals surface area contributed by atoms with Gasteiger partial charge in [0.1, 0.15) is 0 Å². The number of amides is 1. The van der Waals surface area contributed by atoms with Gasteiger partial charge in [0, 0.05) is 50.7 Å². The minimum atomic E-state index is -0.450. The molecule has 0 saturated carbocycles. The maximum Gasteiger partial charge on any atom is 0.254 e. The molecule has 3 aliphatic heterocycles. The highest BCUT2D eigenvalue weighted by atomic mass is 16.6. The van der Waals surface area contributed by atoms with Crippen molar-refractivity contribution < 1.29 is 14.3 Å². The van der Waals surface area contributed by atoms with Crippen molar-refractivity contribution >= 4 is 5.91 Å². The second kappa shape index (κ2) is 9.49. The number of piperazine rings is 2.